The number of benzene rings is 2. The van der Waals surface area contributed by atoms with Crippen molar-refractivity contribution in [1.29, 1.82) is 0 Å². The van der Waals surface area contributed by atoms with E-state index in [4.69, 9.17) is 9.47 Å². The zero-order valence-corrected chi connectivity index (χ0v) is 15.7. The molecule has 1 amide bonds. The molecular formula is C22H25NO4. The van der Waals surface area contributed by atoms with E-state index in [2.05, 4.69) is 5.32 Å². The van der Waals surface area contributed by atoms with Gasteiger partial charge in [0.2, 0.25) is 0 Å². The molecule has 0 fully saturated rings. The van der Waals surface area contributed by atoms with E-state index in [0.29, 0.717) is 48.5 Å². The first-order valence-corrected chi connectivity index (χ1v) is 9.13. The number of amides is 1. The zero-order valence-electron chi connectivity index (χ0n) is 15.7. The Labute approximate surface area is 160 Å². The lowest BCUT2D eigenvalue weighted by Gasteiger charge is -2.17. The Morgan fingerprint density at radius 3 is 1.85 bits per heavy atom. The number of carbonyl (C=O) groups excluding carboxylic acids is 2. The molecule has 0 atom stereocenters. The molecule has 27 heavy (non-hydrogen) atoms. The Hall–Kier alpha value is -3.08. The van der Waals surface area contributed by atoms with Crippen LogP contribution >= 0.6 is 0 Å². The molecule has 0 heterocycles. The third-order valence-electron chi connectivity index (χ3n) is 3.68. The summed E-state index contributed by atoms with van der Waals surface area (Å²) >= 11 is 0. The van der Waals surface area contributed by atoms with E-state index in [1.54, 1.807) is 0 Å². The van der Waals surface area contributed by atoms with Crippen LogP contribution in [0.5, 0.6) is 0 Å². The van der Waals surface area contributed by atoms with Gasteiger partial charge in [-0.2, -0.15) is 0 Å². The van der Waals surface area contributed by atoms with Crippen LogP contribution in [0.1, 0.15) is 37.8 Å². The van der Waals surface area contributed by atoms with Gasteiger partial charge in [0.05, 0.1) is 24.5 Å². The number of rotatable bonds is 8. The molecule has 0 unspecified atom stereocenters. The van der Waals surface area contributed by atoms with Crippen LogP contribution in [-0.2, 0) is 14.3 Å². The van der Waals surface area contributed by atoms with Crippen molar-refractivity contribution >= 4 is 23.3 Å². The molecule has 5 nitrogen and oxygen atoms in total. The van der Waals surface area contributed by atoms with Gasteiger partial charge >= 0.3 is 12.1 Å². The van der Waals surface area contributed by atoms with Gasteiger partial charge in [0.25, 0.3) is 0 Å². The minimum absolute atomic E-state index is 0.295. The molecule has 0 aliphatic carbocycles. The second-order valence-electron chi connectivity index (χ2n) is 5.88. The molecule has 5 heteroatoms. The van der Waals surface area contributed by atoms with E-state index in [1.807, 2.05) is 74.5 Å². The van der Waals surface area contributed by atoms with E-state index in [9.17, 15) is 9.59 Å². The van der Waals surface area contributed by atoms with Crippen LogP contribution in [0.25, 0.3) is 11.3 Å². The lowest BCUT2D eigenvalue weighted by molar-refractivity contribution is -0.136. The summed E-state index contributed by atoms with van der Waals surface area (Å²) in [5.41, 5.74) is 2.01. The van der Waals surface area contributed by atoms with Crippen LogP contribution < -0.4 is 5.32 Å². The van der Waals surface area contributed by atoms with Crippen LogP contribution in [0.2, 0.25) is 0 Å². The topological polar surface area (TPSA) is 64.6 Å². The minimum atomic E-state index is -0.604. The molecule has 0 radical (unpaired) electrons. The first kappa shape index (κ1) is 20.2. The summed E-state index contributed by atoms with van der Waals surface area (Å²) in [6.07, 6.45) is 0.815. The van der Waals surface area contributed by atoms with Crippen molar-refractivity contribution in [1.82, 2.24) is 5.32 Å². The van der Waals surface area contributed by atoms with E-state index in [-0.39, 0.29) is 0 Å². The Morgan fingerprint density at radius 2 is 1.30 bits per heavy atom. The Kier molecular flexibility index (Phi) is 8.10. The van der Waals surface area contributed by atoms with Crippen molar-refractivity contribution in [2.75, 3.05) is 13.2 Å². The standard InChI is InChI=1S/C22H25NO4/c1-3-15-26-21(24)19(17-11-7-5-8-12-17)20(18-13-9-6-10-14-18)23-22(25)27-16-4-2/h5-14H,3-4,15-16H2,1-2H3,(H,23,25)/b20-19-. The summed E-state index contributed by atoms with van der Waals surface area (Å²) in [6, 6.07) is 18.4. The quantitative estimate of drug-likeness (QED) is 0.419. The number of hydrogen-bond donors (Lipinski definition) is 1. The van der Waals surface area contributed by atoms with E-state index < -0.39 is 12.1 Å². The van der Waals surface area contributed by atoms with Crippen LogP contribution in [-0.4, -0.2) is 25.3 Å². The maximum absolute atomic E-state index is 12.8. The van der Waals surface area contributed by atoms with Crippen molar-refractivity contribution in [3.05, 3.63) is 71.8 Å². The van der Waals surface area contributed by atoms with Crippen molar-refractivity contribution in [2.24, 2.45) is 0 Å². The molecule has 2 aromatic carbocycles. The van der Waals surface area contributed by atoms with E-state index in [1.165, 1.54) is 0 Å². The Bertz CT molecular complexity index is 769. The molecule has 0 aromatic heterocycles. The SMILES string of the molecule is CCCOC(=O)N/C(=C(\C(=O)OCCC)c1ccccc1)c1ccccc1. The molecule has 0 saturated heterocycles. The number of ether oxygens (including phenoxy) is 2. The molecule has 0 aliphatic rings. The number of carbonyl (C=O) groups is 2. The number of hydrogen-bond acceptors (Lipinski definition) is 4. The molecule has 0 saturated carbocycles. The fraction of sp³-hybridized carbons (Fsp3) is 0.273. The summed E-state index contributed by atoms with van der Waals surface area (Å²) in [5, 5.41) is 2.74. The second kappa shape index (κ2) is 10.8. The molecule has 0 aliphatic heterocycles. The first-order chi connectivity index (χ1) is 13.2. The lowest BCUT2D eigenvalue weighted by Crippen LogP contribution is -2.26. The van der Waals surface area contributed by atoms with Crippen LogP contribution in [0.3, 0.4) is 0 Å². The highest BCUT2D eigenvalue weighted by Crippen LogP contribution is 2.26. The molecule has 1 N–H and O–H groups in total. The summed E-state index contributed by atoms with van der Waals surface area (Å²) in [5.74, 6) is -0.488. The summed E-state index contributed by atoms with van der Waals surface area (Å²) < 4.78 is 10.5. The zero-order chi connectivity index (χ0) is 19.5. The van der Waals surface area contributed by atoms with Gasteiger partial charge in [0.1, 0.15) is 0 Å². The average Bonchev–Trinajstić information content (AvgIpc) is 2.71. The van der Waals surface area contributed by atoms with Crippen LogP contribution in [0, 0.1) is 0 Å². The third kappa shape index (κ3) is 5.99. The molecule has 0 spiro atoms. The highest BCUT2D eigenvalue weighted by molar-refractivity contribution is 6.25. The van der Waals surface area contributed by atoms with Gasteiger partial charge in [0.15, 0.2) is 0 Å². The number of nitrogens with one attached hydrogen (secondary N) is 1. The molecule has 2 aromatic rings. The Balaban J connectivity index is 2.55. The predicted molar refractivity (Wildman–Crippen MR) is 106 cm³/mol. The van der Waals surface area contributed by atoms with Gasteiger partial charge in [-0.1, -0.05) is 74.5 Å². The van der Waals surface area contributed by atoms with Crippen LogP contribution in [0.4, 0.5) is 4.79 Å². The summed E-state index contributed by atoms with van der Waals surface area (Å²) in [7, 11) is 0. The van der Waals surface area contributed by atoms with Gasteiger partial charge in [-0.25, -0.2) is 9.59 Å². The monoisotopic (exact) mass is 367 g/mol. The van der Waals surface area contributed by atoms with Gasteiger partial charge < -0.3 is 9.47 Å². The highest BCUT2D eigenvalue weighted by atomic mass is 16.5. The van der Waals surface area contributed by atoms with Crippen molar-refractivity contribution < 1.29 is 19.1 Å². The third-order valence-corrected chi connectivity index (χ3v) is 3.68. The number of alkyl carbamates (subject to hydrolysis) is 1. The number of esters is 1. The minimum Gasteiger partial charge on any atom is -0.462 e. The van der Waals surface area contributed by atoms with Crippen LogP contribution in [0.15, 0.2) is 60.7 Å². The normalized spacial score (nSPS) is 11.3. The second-order valence-corrected chi connectivity index (χ2v) is 5.88. The smallest absolute Gasteiger partial charge is 0.411 e. The van der Waals surface area contributed by atoms with Crippen molar-refractivity contribution in [3.8, 4) is 0 Å². The predicted octanol–water partition coefficient (Wildman–Crippen LogP) is 4.64. The van der Waals surface area contributed by atoms with Crippen molar-refractivity contribution in [2.45, 2.75) is 26.7 Å². The lowest BCUT2D eigenvalue weighted by atomic mass is 9.99. The fourth-order valence-corrected chi connectivity index (χ4v) is 2.45. The maximum atomic E-state index is 12.8. The molecule has 142 valence electrons. The van der Waals surface area contributed by atoms with Crippen molar-refractivity contribution in [3.63, 3.8) is 0 Å². The molecule has 2 rings (SSSR count). The molecule has 0 bridgehead atoms. The summed E-state index contributed by atoms with van der Waals surface area (Å²) in [4.78, 5) is 25.1. The van der Waals surface area contributed by atoms with E-state index >= 15 is 0 Å². The average molecular weight is 367 g/mol. The van der Waals surface area contributed by atoms with Gasteiger partial charge in [-0.05, 0) is 24.0 Å². The van der Waals surface area contributed by atoms with Gasteiger partial charge in [-0.3, -0.25) is 5.32 Å². The van der Waals surface area contributed by atoms with Gasteiger partial charge in [0, 0.05) is 0 Å². The molecular weight excluding hydrogens is 342 g/mol. The fourth-order valence-electron chi connectivity index (χ4n) is 2.45. The first-order valence-electron chi connectivity index (χ1n) is 9.13. The maximum Gasteiger partial charge on any atom is 0.411 e. The van der Waals surface area contributed by atoms with E-state index in [0.717, 1.165) is 0 Å². The van der Waals surface area contributed by atoms with Gasteiger partial charge in [-0.15, -0.1) is 0 Å². The highest BCUT2D eigenvalue weighted by Gasteiger charge is 2.22. The Morgan fingerprint density at radius 1 is 0.778 bits per heavy atom. The largest absolute Gasteiger partial charge is 0.462 e. The summed E-state index contributed by atoms with van der Waals surface area (Å²) in [6.45, 7) is 4.45.